The third-order valence-electron chi connectivity index (χ3n) is 4.01. The van der Waals surface area contributed by atoms with E-state index in [1.54, 1.807) is 6.07 Å². The van der Waals surface area contributed by atoms with Crippen LogP contribution in [0.4, 0.5) is 4.39 Å². The van der Waals surface area contributed by atoms with Gasteiger partial charge in [-0.1, -0.05) is 25.1 Å². The normalized spacial score (nSPS) is 25.4. The highest BCUT2D eigenvalue weighted by atomic mass is 19.1. The van der Waals surface area contributed by atoms with Gasteiger partial charge in [-0.3, -0.25) is 4.90 Å². The minimum absolute atomic E-state index is 0.137. The molecule has 1 fully saturated rings. The second kappa shape index (κ2) is 5.15. The minimum atomic E-state index is -0.151. The van der Waals surface area contributed by atoms with Gasteiger partial charge < -0.3 is 5.11 Å². The number of nitrogens with zero attached hydrogens (tertiary/aromatic N) is 1. The van der Waals surface area contributed by atoms with Crippen molar-refractivity contribution in [1.82, 2.24) is 4.90 Å². The summed E-state index contributed by atoms with van der Waals surface area (Å²) in [6.45, 7) is 3.80. The Balaban J connectivity index is 2.16. The van der Waals surface area contributed by atoms with Gasteiger partial charge in [0.25, 0.3) is 0 Å². The molecule has 1 aromatic carbocycles. The molecule has 0 spiro atoms. The molecule has 1 aliphatic heterocycles. The van der Waals surface area contributed by atoms with E-state index < -0.39 is 0 Å². The van der Waals surface area contributed by atoms with Crippen molar-refractivity contribution in [3.63, 3.8) is 0 Å². The van der Waals surface area contributed by atoms with Crippen molar-refractivity contribution in [1.29, 1.82) is 0 Å². The Bertz CT molecular complexity index is 376. The second-order valence-electron chi connectivity index (χ2n) is 4.85. The molecule has 1 aliphatic rings. The first-order valence-electron chi connectivity index (χ1n) is 6.31. The fourth-order valence-electron chi connectivity index (χ4n) is 2.76. The van der Waals surface area contributed by atoms with Gasteiger partial charge in [0.1, 0.15) is 5.82 Å². The molecular formula is C14H20FNO. The lowest BCUT2D eigenvalue weighted by atomic mass is 9.93. The highest BCUT2D eigenvalue weighted by Gasteiger charge is 2.38. The Morgan fingerprint density at radius 1 is 1.41 bits per heavy atom. The molecule has 0 amide bonds. The van der Waals surface area contributed by atoms with Crippen molar-refractivity contribution in [2.24, 2.45) is 0 Å². The van der Waals surface area contributed by atoms with Gasteiger partial charge in [-0.05, 0) is 31.9 Å². The van der Waals surface area contributed by atoms with Crippen LogP contribution in [0.2, 0.25) is 0 Å². The van der Waals surface area contributed by atoms with Crippen molar-refractivity contribution in [3.8, 4) is 0 Å². The molecule has 0 aromatic heterocycles. The van der Waals surface area contributed by atoms with Crippen LogP contribution >= 0.6 is 0 Å². The number of hydrogen-bond donors (Lipinski definition) is 1. The lowest BCUT2D eigenvalue weighted by molar-refractivity contribution is 0.0541. The van der Waals surface area contributed by atoms with E-state index >= 15 is 0 Å². The van der Waals surface area contributed by atoms with Crippen molar-refractivity contribution in [2.45, 2.75) is 38.3 Å². The molecule has 2 rings (SSSR count). The van der Waals surface area contributed by atoms with Crippen molar-refractivity contribution in [2.75, 3.05) is 13.2 Å². The third-order valence-corrected chi connectivity index (χ3v) is 4.01. The number of benzene rings is 1. The summed E-state index contributed by atoms with van der Waals surface area (Å²) >= 11 is 0. The molecule has 3 heteroatoms. The number of rotatable bonds is 4. The summed E-state index contributed by atoms with van der Waals surface area (Å²) in [5, 5.41) is 9.60. The van der Waals surface area contributed by atoms with Crippen molar-refractivity contribution < 1.29 is 9.50 Å². The van der Waals surface area contributed by atoms with E-state index in [0.717, 1.165) is 31.4 Å². The van der Waals surface area contributed by atoms with Crippen molar-refractivity contribution >= 4 is 0 Å². The number of likely N-dealkylation sites (tertiary alicyclic amines) is 1. The summed E-state index contributed by atoms with van der Waals surface area (Å²) in [6, 6.07) is 6.90. The quantitative estimate of drug-likeness (QED) is 0.870. The molecule has 1 heterocycles. The first-order chi connectivity index (χ1) is 8.22. The average molecular weight is 237 g/mol. The highest BCUT2D eigenvalue weighted by Crippen LogP contribution is 2.33. The molecule has 1 aromatic rings. The number of aliphatic hydroxyl groups excluding tert-OH is 1. The molecule has 0 bridgehead atoms. The SMILES string of the molecule is CC[C@@]1(CO)CCCN1Cc1ccccc1F. The van der Waals surface area contributed by atoms with E-state index in [0.29, 0.717) is 6.54 Å². The fraction of sp³-hybridized carbons (Fsp3) is 0.571. The Labute approximate surface area is 102 Å². The summed E-state index contributed by atoms with van der Waals surface area (Å²) in [5.74, 6) is -0.151. The zero-order chi connectivity index (χ0) is 12.3. The maximum absolute atomic E-state index is 13.6. The first kappa shape index (κ1) is 12.5. The minimum Gasteiger partial charge on any atom is -0.394 e. The summed E-state index contributed by atoms with van der Waals surface area (Å²) in [4.78, 5) is 2.23. The van der Waals surface area contributed by atoms with Crippen LogP contribution in [0.15, 0.2) is 24.3 Å². The standard InChI is InChI=1S/C14H20FNO/c1-2-14(11-17)8-5-9-16(14)10-12-6-3-4-7-13(12)15/h3-4,6-7,17H,2,5,8-11H2,1H3/t14-/m0/s1. The zero-order valence-corrected chi connectivity index (χ0v) is 10.3. The molecule has 0 aliphatic carbocycles. The van der Waals surface area contributed by atoms with Crippen LogP contribution in [0, 0.1) is 5.82 Å². The van der Waals surface area contributed by atoms with Gasteiger partial charge in [0, 0.05) is 17.6 Å². The Hall–Kier alpha value is -0.930. The zero-order valence-electron chi connectivity index (χ0n) is 10.3. The van der Waals surface area contributed by atoms with Crippen LogP contribution in [-0.4, -0.2) is 28.7 Å². The second-order valence-corrected chi connectivity index (χ2v) is 4.85. The third kappa shape index (κ3) is 2.35. The Kier molecular flexibility index (Phi) is 3.79. The van der Waals surface area contributed by atoms with Crippen LogP contribution in [0.1, 0.15) is 31.7 Å². The van der Waals surface area contributed by atoms with Crippen molar-refractivity contribution in [3.05, 3.63) is 35.6 Å². The summed E-state index contributed by atoms with van der Waals surface area (Å²) in [5.41, 5.74) is 0.586. The van der Waals surface area contributed by atoms with E-state index in [1.807, 2.05) is 12.1 Å². The largest absolute Gasteiger partial charge is 0.394 e. The van der Waals surface area contributed by atoms with Crippen LogP contribution in [0.3, 0.4) is 0 Å². The average Bonchev–Trinajstić information content (AvgIpc) is 2.75. The van der Waals surface area contributed by atoms with Gasteiger partial charge in [-0.15, -0.1) is 0 Å². The van der Waals surface area contributed by atoms with Gasteiger partial charge in [0.05, 0.1) is 6.61 Å². The molecule has 0 saturated carbocycles. The number of aliphatic hydroxyl groups is 1. The summed E-state index contributed by atoms with van der Waals surface area (Å²) in [6.07, 6.45) is 3.01. The molecule has 0 radical (unpaired) electrons. The van der Waals surface area contributed by atoms with Crippen LogP contribution in [-0.2, 0) is 6.54 Å². The van der Waals surface area contributed by atoms with E-state index in [1.165, 1.54) is 6.07 Å². The lowest BCUT2D eigenvalue weighted by Gasteiger charge is -2.36. The molecule has 0 unspecified atom stereocenters. The predicted octanol–water partition coefficient (Wildman–Crippen LogP) is 2.56. The number of hydrogen-bond acceptors (Lipinski definition) is 2. The van der Waals surface area contributed by atoms with Gasteiger partial charge in [0.2, 0.25) is 0 Å². The van der Waals surface area contributed by atoms with E-state index in [-0.39, 0.29) is 18.0 Å². The monoisotopic (exact) mass is 237 g/mol. The summed E-state index contributed by atoms with van der Waals surface area (Å²) < 4.78 is 13.6. The predicted molar refractivity (Wildman–Crippen MR) is 66.2 cm³/mol. The van der Waals surface area contributed by atoms with Gasteiger partial charge >= 0.3 is 0 Å². The fourth-order valence-corrected chi connectivity index (χ4v) is 2.76. The van der Waals surface area contributed by atoms with Gasteiger partial charge in [-0.2, -0.15) is 0 Å². The van der Waals surface area contributed by atoms with Crippen LogP contribution in [0.5, 0.6) is 0 Å². The molecule has 2 nitrogen and oxygen atoms in total. The Morgan fingerprint density at radius 3 is 2.82 bits per heavy atom. The molecule has 1 N–H and O–H groups in total. The van der Waals surface area contributed by atoms with E-state index in [9.17, 15) is 9.50 Å². The molecule has 17 heavy (non-hydrogen) atoms. The van der Waals surface area contributed by atoms with Crippen LogP contribution in [0.25, 0.3) is 0 Å². The maximum atomic E-state index is 13.6. The van der Waals surface area contributed by atoms with Gasteiger partial charge in [0.15, 0.2) is 0 Å². The number of halogens is 1. The smallest absolute Gasteiger partial charge is 0.127 e. The summed E-state index contributed by atoms with van der Waals surface area (Å²) in [7, 11) is 0. The molecule has 1 atom stereocenters. The first-order valence-corrected chi connectivity index (χ1v) is 6.31. The van der Waals surface area contributed by atoms with E-state index in [4.69, 9.17) is 0 Å². The molecule has 94 valence electrons. The molecular weight excluding hydrogens is 217 g/mol. The lowest BCUT2D eigenvalue weighted by Crippen LogP contribution is -2.46. The highest BCUT2D eigenvalue weighted by molar-refractivity contribution is 5.18. The maximum Gasteiger partial charge on any atom is 0.127 e. The van der Waals surface area contributed by atoms with Crippen LogP contribution < -0.4 is 0 Å². The van der Waals surface area contributed by atoms with Gasteiger partial charge in [-0.25, -0.2) is 4.39 Å². The topological polar surface area (TPSA) is 23.5 Å². The molecule has 1 saturated heterocycles. The Morgan fingerprint density at radius 2 is 2.18 bits per heavy atom. The van der Waals surface area contributed by atoms with E-state index in [2.05, 4.69) is 11.8 Å².